The normalized spacial score (nSPS) is 21.1. The number of hydrogen-bond donors (Lipinski definition) is 3. The van der Waals surface area contributed by atoms with Gasteiger partial charge in [-0.1, -0.05) is 12.1 Å². The average Bonchev–Trinajstić information content (AvgIpc) is 3.17. The van der Waals surface area contributed by atoms with Crippen LogP contribution in [0.5, 0.6) is 17.2 Å². The monoisotopic (exact) mass is 433 g/mol. The standard InChI is InChI=1S/C21H23N3O5.ClH/c1-27-17-7-4-14-8-18(17)28-12-20(25)23-9-13-2-5-15(6-3-13)29-19-11-22-10-16(19)24-21(14)26;/h2-8,16,19,22H,9-12H2,1H3,(H,23,25)(H,24,26);1H/t16-,19-;/m0./s1. The lowest BCUT2D eigenvalue weighted by Gasteiger charge is -2.22. The second kappa shape index (κ2) is 9.69. The van der Waals surface area contributed by atoms with Crippen LogP contribution in [-0.4, -0.2) is 50.8 Å². The van der Waals surface area contributed by atoms with Crippen LogP contribution in [0.25, 0.3) is 0 Å². The Hall–Kier alpha value is -2.97. The van der Waals surface area contributed by atoms with Crippen LogP contribution in [0, 0.1) is 0 Å². The summed E-state index contributed by atoms with van der Waals surface area (Å²) in [4.78, 5) is 24.9. The molecule has 160 valence electrons. The highest BCUT2D eigenvalue weighted by Crippen LogP contribution is 2.28. The third-order valence-electron chi connectivity index (χ3n) is 4.96. The van der Waals surface area contributed by atoms with Crippen LogP contribution in [0.15, 0.2) is 42.5 Å². The molecular weight excluding hydrogens is 410 g/mol. The van der Waals surface area contributed by atoms with Gasteiger partial charge in [-0.15, -0.1) is 12.4 Å². The van der Waals surface area contributed by atoms with Crippen molar-refractivity contribution in [1.82, 2.24) is 16.0 Å². The van der Waals surface area contributed by atoms with Crippen LogP contribution in [0.2, 0.25) is 0 Å². The highest BCUT2D eigenvalue weighted by Gasteiger charge is 2.30. The lowest BCUT2D eigenvalue weighted by atomic mass is 10.1. The fourth-order valence-corrected chi connectivity index (χ4v) is 3.36. The Morgan fingerprint density at radius 1 is 1.07 bits per heavy atom. The molecule has 2 amide bonds. The van der Waals surface area contributed by atoms with Gasteiger partial charge in [0, 0.05) is 25.2 Å². The molecule has 30 heavy (non-hydrogen) atoms. The van der Waals surface area contributed by atoms with Gasteiger partial charge < -0.3 is 30.2 Å². The Labute approximate surface area is 180 Å². The highest BCUT2D eigenvalue weighted by molar-refractivity contribution is 5.95. The van der Waals surface area contributed by atoms with Gasteiger partial charge in [0.1, 0.15) is 11.9 Å². The van der Waals surface area contributed by atoms with E-state index in [0.717, 1.165) is 5.56 Å². The maximum Gasteiger partial charge on any atom is 0.258 e. The zero-order valence-electron chi connectivity index (χ0n) is 16.5. The minimum atomic E-state index is -0.271. The molecule has 9 heteroatoms. The van der Waals surface area contributed by atoms with Gasteiger partial charge in [0.2, 0.25) is 0 Å². The topological polar surface area (TPSA) is 97.9 Å². The maximum atomic E-state index is 12.8. The maximum absolute atomic E-state index is 12.8. The van der Waals surface area contributed by atoms with Crippen molar-refractivity contribution in [3.05, 3.63) is 53.6 Å². The van der Waals surface area contributed by atoms with E-state index in [9.17, 15) is 9.59 Å². The number of rotatable bonds is 1. The largest absolute Gasteiger partial charge is 0.493 e. The first-order chi connectivity index (χ1) is 14.1. The summed E-state index contributed by atoms with van der Waals surface area (Å²) >= 11 is 0. The Morgan fingerprint density at radius 3 is 2.63 bits per heavy atom. The van der Waals surface area contributed by atoms with Gasteiger partial charge in [-0.3, -0.25) is 9.59 Å². The van der Waals surface area contributed by atoms with Crippen molar-refractivity contribution in [3.8, 4) is 17.2 Å². The fraction of sp³-hybridized carbons (Fsp3) is 0.333. The summed E-state index contributed by atoms with van der Waals surface area (Å²) in [5, 5.41) is 9.08. The third-order valence-corrected chi connectivity index (χ3v) is 4.96. The van der Waals surface area contributed by atoms with Crippen molar-refractivity contribution in [2.24, 2.45) is 0 Å². The van der Waals surface area contributed by atoms with Crippen LogP contribution in [0.1, 0.15) is 15.9 Å². The molecule has 3 heterocycles. The number of carbonyl (C=O) groups is 2. The zero-order chi connectivity index (χ0) is 20.2. The van der Waals surface area contributed by atoms with Crippen molar-refractivity contribution in [2.75, 3.05) is 26.8 Å². The molecule has 0 aliphatic carbocycles. The molecule has 2 atom stereocenters. The number of carbonyl (C=O) groups excluding carboxylic acids is 2. The number of nitrogens with one attached hydrogen (secondary N) is 3. The van der Waals surface area contributed by atoms with Crippen molar-refractivity contribution in [2.45, 2.75) is 18.7 Å². The molecule has 0 spiro atoms. The van der Waals surface area contributed by atoms with Crippen molar-refractivity contribution in [1.29, 1.82) is 0 Å². The van der Waals surface area contributed by atoms with E-state index < -0.39 is 0 Å². The van der Waals surface area contributed by atoms with Gasteiger partial charge in [0.25, 0.3) is 11.8 Å². The van der Waals surface area contributed by atoms with Crippen LogP contribution >= 0.6 is 12.4 Å². The third kappa shape index (κ3) is 4.95. The number of fused-ring (bicyclic) bond motifs is 7. The first kappa shape index (κ1) is 21.7. The van der Waals surface area contributed by atoms with Gasteiger partial charge in [0.05, 0.1) is 13.2 Å². The molecule has 0 unspecified atom stereocenters. The van der Waals surface area contributed by atoms with Gasteiger partial charge in [-0.2, -0.15) is 0 Å². The quantitative estimate of drug-likeness (QED) is 0.626. The highest BCUT2D eigenvalue weighted by atomic mass is 35.5. The van der Waals surface area contributed by atoms with E-state index in [1.54, 1.807) is 18.2 Å². The number of ether oxygens (including phenoxy) is 3. The summed E-state index contributed by atoms with van der Waals surface area (Å²) in [6.45, 7) is 1.46. The summed E-state index contributed by atoms with van der Waals surface area (Å²) in [5.74, 6) is 0.982. The molecule has 0 saturated carbocycles. The molecule has 2 aromatic rings. The first-order valence-electron chi connectivity index (χ1n) is 9.47. The van der Waals surface area contributed by atoms with E-state index >= 15 is 0 Å². The molecule has 3 aliphatic heterocycles. The van der Waals surface area contributed by atoms with E-state index in [1.807, 2.05) is 24.3 Å². The minimum absolute atomic E-state index is 0. The lowest BCUT2D eigenvalue weighted by molar-refractivity contribution is -0.123. The van der Waals surface area contributed by atoms with Crippen LogP contribution in [0.3, 0.4) is 0 Å². The average molecular weight is 434 g/mol. The molecule has 4 bridgehead atoms. The van der Waals surface area contributed by atoms with Gasteiger partial charge in [-0.05, 0) is 35.9 Å². The molecule has 0 aromatic heterocycles. The van der Waals surface area contributed by atoms with Crippen molar-refractivity contribution < 1.29 is 23.8 Å². The number of hydrogen-bond acceptors (Lipinski definition) is 6. The van der Waals surface area contributed by atoms with Gasteiger partial charge >= 0.3 is 0 Å². The smallest absolute Gasteiger partial charge is 0.258 e. The zero-order valence-corrected chi connectivity index (χ0v) is 17.3. The van der Waals surface area contributed by atoms with Crippen molar-refractivity contribution in [3.63, 3.8) is 0 Å². The first-order valence-corrected chi connectivity index (χ1v) is 9.47. The summed E-state index contributed by atoms with van der Waals surface area (Å²) in [6.07, 6.45) is -0.186. The molecule has 1 saturated heterocycles. The molecule has 3 aliphatic rings. The molecule has 0 radical (unpaired) electrons. The SMILES string of the molecule is COc1ccc2cc1OCC(=O)NCc1ccc(cc1)O[C@H]1CNC[C@@H]1NC2=O.Cl. The molecule has 3 N–H and O–H groups in total. The molecule has 1 fully saturated rings. The second-order valence-electron chi connectivity index (χ2n) is 6.97. The predicted molar refractivity (Wildman–Crippen MR) is 113 cm³/mol. The predicted octanol–water partition coefficient (Wildman–Crippen LogP) is 1.27. The van der Waals surface area contributed by atoms with E-state index in [-0.39, 0.29) is 43.0 Å². The van der Waals surface area contributed by atoms with E-state index in [1.165, 1.54) is 7.11 Å². The Balaban J connectivity index is 0.00000256. The number of halogens is 1. The van der Waals surface area contributed by atoms with Crippen molar-refractivity contribution >= 4 is 24.2 Å². The minimum Gasteiger partial charge on any atom is -0.493 e. The van der Waals surface area contributed by atoms with Gasteiger partial charge in [0.15, 0.2) is 18.1 Å². The fourth-order valence-electron chi connectivity index (χ4n) is 3.36. The number of methoxy groups -OCH3 is 1. The molecule has 8 nitrogen and oxygen atoms in total. The molecule has 5 rings (SSSR count). The summed E-state index contributed by atoms with van der Waals surface area (Å²) in [7, 11) is 1.51. The van der Waals surface area contributed by atoms with E-state index in [4.69, 9.17) is 14.2 Å². The van der Waals surface area contributed by atoms with Crippen LogP contribution < -0.4 is 30.2 Å². The van der Waals surface area contributed by atoms with Crippen LogP contribution in [0.4, 0.5) is 0 Å². The number of benzene rings is 2. The molecular formula is C21H24ClN3O5. The molecule has 2 aromatic carbocycles. The Kier molecular flexibility index (Phi) is 7.02. The Bertz CT molecular complexity index is 906. The summed E-state index contributed by atoms with van der Waals surface area (Å²) < 4.78 is 17.0. The Morgan fingerprint density at radius 2 is 1.87 bits per heavy atom. The summed E-state index contributed by atoms with van der Waals surface area (Å²) in [6, 6.07) is 12.2. The van der Waals surface area contributed by atoms with Gasteiger partial charge in [-0.25, -0.2) is 0 Å². The number of amides is 2. The van der Waals surface area contributed by atoms with E-state index in [2.05, 4.69) is 16.0 Å². The summed E-state index contributed by atoms with van der Waals surface area (Å²) in [5.41, 5.74) is 1.36. The second-order valence-corrected chi connectivity index (χ2v) is 6.97. The van der Waals surface area contributed by atoms with E-state index in [0.29, 0.717) is 42.4 Å². The lowest BCUT2D eigenvalue weighted by Crippen LogP contribution is -2.45. The van der Waals surface area contributed by atoms with Crippen LogP contribution in [-0.2, 0) is 11.3 Å².